The van der Waals surface area contributed by atoms with Crippen molar-refractivity contribution in [3.8, 4) is 0 Å². The SMILES string of the molecule is CCCn1cc(C(=O)NCCc2cncn2C)cn1. The van der Waals surface area contributed by atoms with Crippen molar-refractivity contribution in [1.29, 1.82) is 0 Å². The van der Waals surface area contributed by atoms with Crippen LogP contribution in [0.2, 0.25) is 0 Å². The normalized spacial score (nSPS) is 10.6. The van der Waals surface area contributed by atoms with E-state index in [-0.39, 0.29) is 5.91 Å². The highest BCUT2D eigenvalue weighted by molar-refractivity contribution is 5.93. The van der Waals surface area contributed by atoms with Gasteiger partial charge >= 0.3 is 0 Å². The zero-order chi connectivity index (χ0) is 13.7. The lowest BCUT2D eigenvalue weighted by molar-refractivity contribution is 0.0954. The average molecular weight is 261 g/mol. The van der Waals surface area contributed by atoms with Gasteiger partial charge in [0.25, 0.3) is 5.91 Å². The van der Waals surface area contributed by atoms with Gasteiger partial charge in [-0.25, -0.2) is 4.98 Å². The van der Waals surface area contributed by atoms with Crippen LogP contribution in [0.4, 0.5) is 0 Å². The molecule has 0 unspecified atom stereocenters. The summed E-state index contributed by atoms with van der Waals surface area (Å²) in [4.78, 5) is 15.9. The molecule has 1 amide bonds. The molecule has 6 heteroatoms. The van der Waals surface area contributed by atoms with Crippen molar-refractivity contribution in [3.05, 3.63) is 36.2 Å². The van der Waals surface area contributed by atoms with E-state index in [1.54, 1.807) is 23.4 Å². The van der Waals surface area contributed by atoms with E-state index in [2.05, 4.69) is 22.3 Å². The van der Waals surface area contributed by atoms with Gasteiger partial charge in [0, 0.05) is 44.6 Å². The maximum absolute atomic E-state index is 11.9. The monoisotopic (exact) mass is 261 g/mol. The Bertz CT molecular complexity index is 543. The van der Waals surface area contributed by atoms with Crippen LogP contribution >= 0.6 is 0 Å². The molecule has 0 saturated carbocycles. The maximum Gasteiger partial charge on any atom is 0.254 e. The second kappa shape index (κ2) is 6.17. The van der Waals surface area contributed by atoms with E-state index in [1.807, 2.05) is 17.8 Å². The third kappa shape index (κ3) is 3.43. The van der Waals surface area contributed by atoms with Crippen LogP contribution < -0.4 is 5.32 Å². The third-order valence-electron chi connectivity index (χ3n) is 2.93. The molecule has 0 radical (unpaired) electrons. The zero-order valence-corrected chi connectivity index (χ0v) is 11.3. The number of aromatic nitrogens is 4. The Morgan fingerprint density at radius 1 is 1.42 bits per heavy atom. The Morgan fingerprint density at radius 3 is 2.95 bits per heavy atom. The Morgan fingerprint density at radius 2 is 2.26 bits per heavy atom. The minimum atomic E-state index is -0.0791. The smallest absolute Gasteiger partial charge is 0.254 e. The number of aryl methyl sites for hydroxylation is 2. The van der Waals surface area contributed by atoms with Crippen molar-refractivity contribution in [3.63, 3.8) is 0 Å². The van der Waals surface area contributed by atoms with Crippen LogP contribution in [-0.4, -0.2) is 31.8 Å². The largest absolute Gasteiger partial charge is 0.352 e. The standard InChI is InChI=1S/C13H19N5O/c1-3-6-18-9-11(7-16-18)13(19)15-5-4-12-8-14-10-17(12)2/h7-10H,3-6H2,1-2H3,(H,15,19). The van der Waals surface area contributed by atoms with Gasteiger partial charge in [-0.15, -0.1) is 0 Å². The molecule has 0 bridgehead atoms. The molecule has 0 atom stereocenters. The number of imidazole rings is 1. The molecule has 0 saturated heterocycles. The van der Waals surface area contributed by atoms with Crippen molar-refractivity contribution < 1.29 is 4.79 Å². The molecule has 102 valence electrons. The Labute approximate surface area is 112 Å². The Kier molecular flexibility index (Phi) is 4.33. The van der Waals surface area contributed by atoms with Crippen LogP contribution in [0.15, 0.2) is 24.9 Å². The molecule has 2 rings (SSSR count). The first-order valence-electron chi connectivity index (χ1n) is 6.46. The molecule has 2 heterocycles. The van der Waals surface area contributed by atoms with E-state index in [1.165, 1.54) is 0 Å². The number of hydrogen-bond acceptors (Lipinski definition) is 3. The minimum Gasteiger partial charge on any atom is -0.352 e. The topological polar surface area (TPSA) is 64.7 Å². The number of carbonyl (C=O) groups excluding carboxylic acids is 1. The molecule has 19 heavy (non-hydrogen) atoms. The Balaban J connectivity index is 1.82. The summed E-state index contributed by atoms with van der Waals surface area (Å²) >= 11 is 0. The van der Waals surface area contributed by atoms with E-state index >= 15 is 0 Å². The molecule has 2 aromatic heterocycles. The first-order chi connectivity index (χ1) is 9.20. The van der Waals surface area contributed by atoms with Gasteiger partial charge in [-0.2, -0.15) is 5.10 Å². The van der Waals surface area contributed by atoms with Gasteiger partial charge in [0.2, 0.25) is 0 Å². The van der Waals surface area contributed by atoms with Crippen molar-refractivity contribution in [2.75, 3.05) is 6.54 Å². The van der Waals surface area contributed by atoms with Crippen molar-refractivity contribution >= 4 is 5.91 Å². The summed E-state index contributed by atoms with van der Waals surface area (Å²) in [6.45, 7) is 3.51. The van der Waals surface area contributed by atoms with Crippen molar-refractivity contribution in [1.82, 2.24) is 24.6 Å². The quantitative estimate of drug-likeness (QED) is 0.843. The number of nitrogens with zero attached hydrogens (tertiary/aromatic N) is 4. The molecule has 0 aliphatic rings. The van der Waals surface area contributed by atoms with Gasteiger partial charge in [-0.05, 0) is 6.42 Å². The summed E-state index contributed by atoms with van der Waals surface area (Å²) in [5.41, 5.74) is 1.71. The molecule has 0 aliphatic heterocycles. The van der Waals surface area contributed by atoms with Gasteiger partial charge < -0.3 is 9.88 Å². The fourth-order valence-corrected chi connectivity index (χ4v) is 1.86. The van der Waals surface area contributed by atoms with E-state index < -0.39 is 0 Å². The summed E-state index contributed by atoms with van der Waals surface area (Å²) in [6.07, 6.45) is 8.73. The first kappa shape index (κ1) is 13.3. The average Bonchev–Trinajstić information content (AvgIpc) is 3.00. The van der Waals surface area contributed by atoms with Crippen LogP contribution in [0.5, 0.6) is 0 Å². The number of nitrogens with one attached hydrogen (secondary N) is 1. The molecule has 0 aliphatic carbocycles. The van der Waals surface area contributed by atoms with Crippen molar-refractivity contribution in [2.24, 2.45) is 7.05 Å². The third-order valence-corrected chi connectivity index (χ3v) is 2.93. The minimum absolute atomic E-state index is 0.0791. The molecule has 0 fully saturated rings. The number of rotatable bonds is 6. The number of carbonyl (C=O) groups is 1. The van der Waals surface area contributed by atoms with E-state index in [0.717, 1.165) is 25.1 Å². The van der Waals surface area contributed by atoms with Gasteiger partial charge in [0.05, 0.1) is 18.1 Å². The summed E-state index contributed by atoms with van der Waals surface area (Å²) in [5.74, 6) is -0.0791. The van der Waals surface area contributed by atoms with Gasteiger partial charge in [0.15, 0.2) is 0 Å². The molecular formula is C13H19N5O. The van der Waals surface area contributed by atoms with Crippen LogP contribution in [-0.2, 0) is 20.0 Å². The van der Waals surface area contributed by atoms with Crippen LogP contribution in [0.3, 0.4) is 0 Å². The first-order valence-corrected chi connectivity index (χ1v) is 6.46. The lowest BCUT2D eigenvalue weighted by atomic mass is 10.3. The highest BCUT2D eigenvalue weighted by Crippen LogP contribution is 2.00. The Hall–Kier alpha value is -2.11. The van der Waals surface area contributed by atoms with Crippen LogP contribution in [0, 0.1) is 0 Å². The molecule has 2 aromatic rings. The molecule has 0 aromatic carbocycles. The van der Waals surface area contributed by atoms with Gasteiger partial charge in [0.1, 0.15) is 0 Å². The van der Waals surface area contributed by atoms with E-state index in [4.69, 9.17) is 0 Å². The zero-order valence-electron chi connectivity index (χ0n) is 11.3. The van der Waals surface area contributed by atoms with Gasteiger partial charge in [-0.3, -0.25) is 9.48 Å². The highest BCUT2D eigenvalue weighted by Gasteiger charge is 2.08. The molecule has 1 N–H and O–H groups in total. The predicted octanol–water partition coefficient (Wildman–Crippen LogP) is 0.999. The van der Waals surface area contributed by atoms with Gasteiger partial charge in [-0.1, -0.05) is 6.92 Å². The number of amides is 1. The highest BCUT2D eigenvalue weighted by atomic mass is 16.1. The lowest BCUT2D eigenvalue weighted by Crippen LogP contribution is -2.25. The lowest BCUT2D eigenvalue weighted by Gasteiger charge is -2.04. The van der Waals surface area contributed by atoms with Crippen LogP contribution in [0.1, 0.15) is 29.4 Å². The second-order valence-electron chi connectivity index (χ2n) is 4.49. The van der Waals surface area contributed by atoms with Crippen LogP contribution in [0.25, 0.3) is 0 Å². The molecular weight excluding hydrogens is 242 g/mol. The summed E-state index contributed by atoms with van der Waals surface area (Å²) < 4.78 is 3.74. The summed E-state index contributed by atoms with van der Waals surface area (Å²) in [6, 6.07) is 0. The van der Waals surface area contributed by atoms with Crippen molar-refractivity contribution in [2.45, 2.75) is 26.3 Å². The maximum atomic E-state index is 11.9. The fourth-order valence-electron chi connectivity index (χ4n) is 1.86. The fraction of sp³-hybridized carbons (Fsp3) is 0.462. The van der Waals surface area contributed by atoms with E-state index in [0.29, 0.717) is 12.1 Å². The molecule has 6 nitrogen and oxygen atoms in total. The predicted molar refractivity (Wildman–Crippen MR) is 71.8 cm³/mol. The molecule has 0 spiro atoms. The number of hydrogen-bond donors (Lipinski definition) is 1. The summed E-state index contributed by atoms with van der Waals surface area (Å²) in [5, 5.41) is 7.03. The van der Waals surface area contributed by atoms with E-state index in [9.17, 15) is 4.79 Å². The second-order valence-corrected chi connectivity index (χ2v) is 4.49. The summed E-state index contributed by atoms with van der Waals surface area (Å²) in [7, 11) is 1.94.